The third kappa shape index (κ3) is 3.85. The molecule has 4 rings (SSSR count). The van der Waals surface area contributed by atoms with Crippen LogP contribution in [0.3, 0.4) is 0 Å². The summed E-state index contributed by atoms with van der Waals surface area (Å²) >= 11 is 8.28. The van der Waals surface area contributed by atoms with Crippen molar-refractivity contribution in [3.63, 3.8) is 0 Å². The fraction of sp³-hybridized carbons (Fsp3) is 1.00. The molecular weight excluding hydrogens is 484 g/mol. The maximum absolute atomic E-state index is 4.23. The van der Waals surface area contributed by atoms with Crippen molar-refractivity contribution in [1.29, 1.82) is 0 Å². The van der Waals surface area contributed by atoms with Crippen LogP contribution in [0.1, 0.15) is 105 Å². The molecule has 4 aliphatic carbocycles. The van der Waals surface area contributed by atoms with Crippen LogP contribution in [0.2, 0.25) is 0 Å². The third-order valence-corrected chi connectivity index (χ3v) is 14.2. The molecule has 0 aromatic carbocycles. The predicted molar refractivity (Wildman–Crippen MR) is 134 cm³/mol. The van der Waals surface area contributed by atoms with E-state index in [1.165, 1.54) is 70.6 Å². The van der Waals surface area contributed by atoms with Crippen molar-refractivity contribution in [1.82, 2.24) is 0 Å². The Kier molecular flexibility index (Phi) is 6.95. The summed E-state index contributed by atoms with van der Waals surface area (Å²) in [6.07, 6.45) is 16.2. The van der Waals surface area contributed by atoms with E-state index in [0.29, 0.717) is 20.5 Å². The van der Waals surface area contributed by atoms with E-state index < -0.39 is 0 Å². The lowest BCUT2D eigenvalue weighted by molar-refractivity contribution is -0.109. The molecule has 0 saturated heterocycles. The summed E-state index contributed by atoms with van der Waals surface area (Å²) < 4.78 is 0. The van der Waals surface area contributed by atoms with E-state index in [4.69, 9.17) is 0 Å². The Morgan fingerprint density at radius 3 is 2.28 bits per heavy atom. The van der Waals surface area contributed by atoms with Gasteiger partial charge in [0.2, 0.25) is 0 Å². The molecule has 0 heterocycles. The van der Waals surface area contributed by atoms with Crippen molar-refractivity contribution in [3.05, 3.63) is 0 Å². The first-order valence-corrected chi connectivity index (χ1v) is 14.8. The van der Waals surface area contributed by atoms with E-state index in [-0.39, 0.29) is 0 Å². The van der Waals surface area contributed by atoms with Gasteiger partial charge in [0, 0.05) is 9.65 Å². The Morgan fingerprint density at radius 1 is 0.828 bits per heavy atom. The molecule has 0 aromatic rings. The summed E-state index contributed by atoms with van der Waals surface area (Å²) in [7, 11) is 0. The van der Waals surface area contributed by atoms with Crippen molar-refractivity contribution in [2.75, 3.05) is 0 Å². The van der Waals surface area contributed by atoms with E-state index in [1.54, 1.807) is 0 Å². The van der Waals surface area contributed by atoms with E-state index in [9.17, 15) is 0 Å². The van der Waals surface area contributed by atoms with E-state index in [2.05, 4.69) is 66.5 Å². The molecule has 0 N–H and O–H groups in total. The van der Waals surface area contributed by atoms with Crippen molar-refractivity contribution < 1.29 is 0 Å². The minimum Gasteiger partial charge on any atom is -0.0878 e. The number of hydrogen-bond acceptors (Lipinski definition) is 0. The zero-order valence-corrected chi connectivity index (χ0v) is 22.9. The monoisotopic (exact) mass is 528 g/mol. The van der Waals surface area contributed by atoms with Crippen molar-refractivity contribution >= 4 is 31.9 Å². The van der Waals surface area contributed by atoms with Gasteiger partial charge in [-0.05, 0) is 104 Å². The molecule has 29 heavy (non-hydrogen) atoms. The Bertz CT molecular complexity index is 569. The molecule has 0 amide bonds. The lowest BCUT2D eigenvalue weighted by Gasteiger charge is -2.63. The highest BCUT2D eigenvalue weighted by atomic mass is 79.9. The number of fused-ring (bicyclic) bond motifs is 5. The minimum atomic E-state index is 0.512. The van der Waals surface area contributed by atoms with Crippen LogP contribution < -0.4 is 0 Å². The number of halogens is 2. The molecule has 0 aliphatic heterocycles. The molecule has 4 aliphatic rings. The molecule has 0 bridgehead atoms. The van der Waals surface area contributed by atoms with Crippen LogP contribution in [0.25, 0.3) is 0 Å². The first-order chi connectivity index (χ1) is 13.7. The van der Waals surface area contributed by atoms with E-state index in [1.807, 2.05) is 0 Å². The number of alkyl halides is 2. The number of rotatable bonds is 5. The van der Waals surface area contributed by atoms with Gasteiger partial charge in [-0.15, -0.1) is 0 Å². The Labute approximate surface area is 198 Å². The molecule has 0 radical (unpaired) electrons. The first kappa shape index (κ1) is 23.1. The normalized spacial score (nSPS) is 50.7. The summed E-state index contributed by atoms with van der Waals surface area (Å²) in [5, 5.41) is 0. The summed E-state index contributed by atoms with van der Waals surface area (Å²) in [5.41, 5.74) is 1.14. The first-order valence-electron chi connectivity index (χ1n) is 13.0. The molecule has 0 aromatic heterocycles. The summed E-state index contributed by atoms with van der Waals surface area (Å²) in [6, 6.07) is 0. The second-order valence-electron chi connectivity index (χ2n) is 12.5. The van der Waals surface area contributed by atoms with Crippen LogP contribution in [-0.2, 0) is 0 Å². The Morgan fingerprint density at radius 2 is 1.55 bits per heavy atom. The van der Waals surface area contributed by atoms with Crippen LogP contribution in [0, 0.1) is 52.3 Å². The van der Waals surface area contributed by atoms with Crippen LogP contribution >= 0.6 is 31.9 Å². The average molecular weight is 530 g/mol. The molecule has 168 valence electrons. The van der Waals surface area contributed by atoms with Crippen LogP contribution in [-0.4, -0.2) is 9.65 Å². The zero-order chi connectivity index (χ0) is 21.0. The Balaban J connectivity index is 1.50. The van der Waals surface area contributed by atoms with Gasteiger partial charge in [0.25, 0.3) is 0 Å². The average Bonchev–Trinajstić information content (AvgIpc) is 3.02. The third-order valence-electron chi connectivity index (χ3n) is 10.9. The lowest BCUT2D eigenvalue weighted by atomic mass is 9.44. The minimum absolute atomic E-state index is 0.512. The maximum atomic E-state index is 4.23. The Hall–Kier alpha value is 0.960. The highest BCUT2D eigenvalue weighted by Crippen LogP contribution is 2.69. The molecule has 4 saturated carbocycles. The molecule has 2 heteroatoms. The van der Waals surface area contributed by atoms with Gasteiger partial charge < -0.3 is 0 Å². The van der Waals surface area contributed by atoms with Gasteiger partial charge >= 0.3 is 0 Å². The second kappa shape index (κ2) is 8.72. The van der Waals surface area contributed by atoms with Crippen molar-refractivity contribution in [3.8, 4) is 0 Å². The van der Waals surface area contributed by atoms with Crippen molar-refractivity contribution in [2.24, 2.45) is 52.3 Å². The SMILES string of the molecule is CC(C)CCC[C@@H](C)[C@@H]1CC[C@@H]2[C@@H]3CC[C@H]4CC[C@H](Br)[C@H](Br)[C@]4(C)[C@H]3CC[C@@]21C. The zero-order valence-electron chi connectivity index (χ0n) is 19.7. The predicted octanol–water partition coefficient (Wildman–Crippen LogP) is 9.24. The van der Waals surface area contributed by atoms with Gasteiger partial charge in [-0.3, -0.25) is 0 Å². The summed E-state index contributed by atoms with van der Waals surface area (Å²) in [5.74, 6) is 6.70. The molecule has 0 unspecified atom stereocenters. The van der Waals surface area contributed by atoms with E-state index >= 15 is 0 Å². The topological polar surface area (TPSA) is 0 Å². The van der Waals surface area contributed by atoms with E-state index in [0.717, 1.165) is 41.4 Å². The summed E-state index contributed by atoms with van der Waals surface area (Å²) in [6.45, 7) is 12.8. The fourth-order valence-corrected chi connectivity index (χ4v) is 11.1. The smallest absolute Gasteiger partial charge is 0.0330 e. The van der Waals surface area contributed by atoms with Gasteiger partial charge in [-0.25, -0.2) is 0 Å². The van der Waals surface area contributed by atoms with Crippen LogP contribution in [0.5, 0.6) is 0 Å². The van der Waals surface area contributed by atoms with Gasteiger partial charge in [-0.2, -0.15) is 0 Å². The van der Waals surface area contributed by atoms with Gasteiger partial charge in [0.15, 0.2) is 0 Å². The molecule has 10 atom stereocenters. The molecule has 0 spiro atoms. The quantitative estimate of drug-likeness (QED) is 0.311. The van der Waals surface area contributed by atoms with Gasteiger partial charge in [0.05, 0.1) is 0 Å². The summed E-state index contributed by atoms with van der Waals surface area (Å²) in [4.78, 5) is 1.34. The van der Waals surface area contributed by atoms with Crippen LogP contribution in [0.4, 0.5) is 0 Å². The molecular formula is C27H46Br2. The van der Waals surface area contributed by atoms with Crippen molar-refractivity contribution in [2.45, 2.75) is 115 Å². The van der Waals surface area contributed by atoms with Gasteiger partial charge in [0.1, 0.15) is 0 Å². The largest absolute Gasteiger partial charge is 0.0878 e. The fourth-order valence-electron chi connectivity index (χ4n) is 9.28. The highest BCUT2D eigenvalue weighted by molar-refractivity contribution is 9.12. The number of hydrogen-bond donors (Lipinski definition) is 0. The second-order valence-corrected chi connectivity index (χ2v) is 14.7. The molecule has 0 nitrogen and oxygen atoms in total. The standard InChI is InChI=1S/C27H46Br2/c1-17(2)7-6-8-18(3)21-12-13-22-20-11-9-19-10-14-24(28)25(29)27(19,5)23(20)15-16-26(21,22)4/h17-25H,6-16H2,1-5H3/t18-,19+,20+,21+,22-,23+,24+,25+,26-,27+/m1/s1. The lowest BCUT2D eigenvalue weighted by Crippen LogP contribution is -2.58. The van der Waals surface area contributed by atoms with Crippen LogP contribution in [0.15, 0.2) is 0 Å². The highest BCUT2D eigenvalue weighted by Gasteiger charge is 2.62. The van der Waals surface area contributed by atoms with Gasteiger partial charge in [-0.1, -0.05) is 85.7 Å². The molecule has 4 fully saturated rings. The maximum Gasteiger partial charge on any atom is 0.0330 e.